The van der Waals surface area contributed by atoms with Gasteiger partial charge in [0.15, 0.2) is 9.84 Å². The number of carbonyl (C=O) groups excluding carboxylic acids is 5. The number of nitrogens with one attached hydrogen (secondary N) is 3. The number of nitrogens with zero attached hydrogens (tertiary/aromatic N) is 4. The number of aromatic nitrogens is 4. The van der Waals surface area contributed by atoms with Crippen LogP contribution in [0, 0.1) is 5.92 Å². The van der Waals surface area contributed by atoms with Crippen molar-refractivity contribution < 1.29 is 37.5 Å². The van der Waals surface area contributed by atoms with Crippen molar-refractivity contribution in [3.63, 3.8) is 0 Å². The molecule has 2 aromatic heterocycles. The molecule has 1 saturated carbocycles. The van der Waals surface area contributed by atoms with E-state index in [9.17, 15) is 42.3 Å². The Morgan fingerprint density at radius 1 is 1.09 bits per heavy atom. The highest BCUT2D eigenvalue weighted by Crippen LogP contribution is 2.35. The van der Waals surface area contributed by atoms with Gasteiger partial charge in [-0.25, -0.2) is 13.1 Å². The molecule has 3 fully saturated rings. The molecule has 2 aliphatic heterocycles. The van der Waals surface area contributed by atoms with Gasteiger partial charge in [0.1, 0.15) is 28.9 Å². The Balaban J connectivity index is 1.35. The van der Waals surface area contributed by atoms with Gasteiger partial charge in [-0.2, -0.15) is 0 Å². The average Bonchev–Trinajstić information content (AvgIpc) is 3.81. The molecule has 2 saturated heterocycles. The average molecular weight is 767 g/mol. The first-order valence-corrected chi connectivity index (χ1v) is 20.0. The Bertz CT molecular complexity index is 2120. The number of hydrogen-bond donors (Lipinski definition) is 5. The number of aliphatic hydroxyl groups is 1. The normalized spacial score (nSPS) is 22.0. The number of rotatable bonds is 11. The molecule has 17 nitrogen and oxygen atoms in total. The minimum Gasteiger partial charge on any atom is -0.384 e. The van der Waals surface area contributed by atoms with E-state index in [2.05, 4.69) is 25.9 Å². The van der Waals surface area contributed by atoms with E-state index in [1.54, 1.807) is 24.3 Å². The van der Waals surface area contributed by atoms with Gasteiger partial charge in [-0.1, -0.05) is 55.5 Å². The highest BCUT2D eigenvalue weighted by molar-refractivity contribution is 7.91. The summed E-state index contributed by atoms with van der Waals surface area (Å²) in [6.45, 7) is 2.96. The minimum absolute atomic E-state index is 0.0506. The standard InChI is InChI=1S/C36H46N8O9S/c1-35(2,51)28-19-38-42-44(28)23-18-27(33(49)41-36(29(45)30(37)46)12-14-54(52,53)15-13-36)43(20-23)34(50)26(16-21-8-4-3-5-9-21)40-32(48)25-17-22-10-6-7-11-24(22)31(47)39-25/h6-7,10-11,17,19,21,23,26-27,51H,3-5,8-9,12-16,18,20H2,1-2H3,(H2,37,46)(H,39,47)(H,40,48)(H,41,49)/t23-,26+,27-/m0/s1. The Morgan fingerprint density at radius 2 is 1.78 bits per heavy atom. The van der Waals surface area contributed by atoms with Crippen LogP contribution in [-0.2, 0) is 34.6 Å². The van der Waals surface area contributed by atoms with Crippen molar-refractivity contribution in [1.82, 2.24) is 35.5 Å². The zero-order valence-corrected chi connectivity index (χ0v) is 31.1. The predicted molar refractivity (Wildman–Crippen MR) is 194 cm³/mol. The van der Waals surface area contributed by atoms with E-state index in [0.717, 1.165) is 32.1 Å². The lowest BCUT2D eigenvalue weighted by Gasteiger charge is -2.37. The van der Waals surface area contributed by atoms with Gasteiger partial charge in [0.05, 0.1) is 29.4 Å². The van der Waals surface area contributed by atoms with Crippen molar-refractivity contribution >= 4 is 50.0 Å². The quantitative estimate of drug-likeness (QED) is 0.167. The first-order chi connectivity index (χ1) is 25.5. The number of amides is 4. The molecule has 0 unspecified atom stereocenters. The van der Waals surface area contributed by atoms with E-state index in [4.69, 9.17) is 5.73 Å². The second kappa shape index (κ2) is 15.0. The van der Waals surface area contributed by atoms with Crippen LogP contribution in [-0.4, -0.2) is 103 Å². The van der Waals surface area contributed by atoms with Gasteiger partial charge in [-0.05, 0) is 56.5 Å². The van der Waals surface area contributed by atoms with Gasteiger partial charge in [0.2, 0.25) is 17.6 Å². The molecule has 4 amide bonds. The lowest BCUT2D eigenvalue weighted by Crippen LogP contribution is -2.64. The SMILES string of the molecule is CC(C)(O)c1cnnn1[C@H]1C[C@@H](C(=O)NC2(C(=O)C(N)=O)CCS(=O)(=O)CC2)N(C(=O)[C@@H](CC2CCCCC2)NC(=O)c2cc3ccccc3c(=O)[nH]2)C1. The third-order valence-corrected chi connectivity index (χ3v) is 12.7. The monoisotopic (exact) mass is 766 g/mol. The van der Waals surface area contributed by atoms with Crippen LogP contribution in [0.2, 0.25) is 0 Å². The third-order valence-electron chi connectivity index (χ3n) is 11.0. The molecule has 6 rings (SSSR count). The predicted octanol–water partition coefficient (Wildman–Crippen LogP) is 0.376. The second-order valence-electron chi connectivity index (χ2n) is 15.3. The number of sulfone groups is 1. The Labute approximate surface area is 311 Å². The van der Waals surface area contributed by atoms with Crippen LogP contribution in [0.15, 0.2) is 41.3 Å². The smallest absolute Gasteiger partial charge is 0.287 e. The molecule has 0 spiro atoms. The Kier molecular flexibility index (Phi) is 10.8. The first kappa shape index (κ1) is 38.7. The molecule has 1 aromatic carbocycles. The highest BCUT2D eigenvalue weighted by Gasteiger charge is 2.50. The number of nitrogens with two attached hydrogens (primary N) is 1. The molecule has 3 aromatic rings. The largest absolute Gasteiger partial charge is 0.384 e. The number of carbonyl (C=O) groups is 5. The summed E-state index contributed by atoms with van der Waals surface area (Å²) in [5.74, 6) is -5.48. The van der Waals surface area contributed by atoms with Gasteiger partial charge >= 0.3 is 0 Å². The summed E-state index contributed by atoms with van der Waals surface area (Å²) < 4.78 is 26.1. The van der Waals surface area contributed by atoms with Crippen molar-refractivity contribution in [2.45, 2.75) is 101 Å². The maximum Gasteiger partial charge on any atom is 0.287 e. The zero-order valence-electron chi connectivity index (χ0n) is 30.2. The van der Waals surface area contributed by atoms with Crippen LogP contribution in [0.3, 0.4) is 0 Å². The maximum atomic E-state index is 14.8. The number of primary amides is 1. The molecule has 54 heavy (non-hydrogen) atoms. The van der Waals surface area contributed by atoms with Crippen molar-refractivity contribution in [2.75, 3.05) is 18.1 Å². The molecule has 3 atom stereocenters. The number of Topliss-reactive ketones (excluding diaryl/α,β-unsaturated/α-hetero) is 1. The molecule has 1 aliphatic carbocycles. The molecule has 0 radical (unpaired) electrons. The van der Waals surface area contributed by atoms with Gasteiger partial charge in [0.25, 0.3) is 17.4 Å². The van der Waals surface area contributed by atoms with Crippen molar-refractivity contribution in [3.8, 4) is 0 Å². The molecule has 4 heterocycles. The molecular weight excluding hydrogens is 721 g/mol. The summed E-state index contributed by atoms with van der Waals surface area (Å²) in [5, 5.41) is 25.4. The minimum atomic E-state index is -3.55. The fourth-order valence-electron chi connectivity index (χ4n) is 8.03. The van der Waals surface area contributed by atoms with Crippen LogP contribution in [0.25, 0.3) is 10.8 Å². The Morgan fingerprint density at radius 3 is 2.44 bits per heavy atom. The van der Waals surface area contributed by atoms with Crippen LogP contribution in [0.4, 0.5) is 0 Å². The van der Waals surface area contributed by atoms with Gasteiger partial charge in [-0.15, -0.1) is 5.10 Å². The van der Waals surface area contributed by atoms with E-state index >= 15 is 0 Å². The lowest BCUT2D eigenvalue weighted by molar-refractivity contribution is -0.145. The summed E-state index contributed by atoms with van der Waals surface area (Å²) in [5.41, 5.74) is 1.84. The number of benzene rings is 1. The number of pyridine rings is 1. The summed E-state index contributed by atoms with van der Waals surface area (Å²) in [4.78, 5) is 85.1. The molecule has 3 aliphatic rings. The van der Waals surface area contributed by atoms with E-state index in [1.165, 1.54) is 35.7 Å². The lowest BCUT2D eigenvalue weighted by atomic mass is 9.84. The second-order valence-corrected chi connectivity index (χ2v) is 17.6. The van der Waals surface area contributed by atoms with Gasteiger partial charge < -0.3 is 31.4 Å². The molecule has 290 valence electrons. The van der Waals surface area contributed by atoms with Crippen LogP contribution < -0.4 is 21.9 Å². The van der Waals surface area contributed by atoms with Crippen molar-refractivity contribution in [2.24, 2.45) is 11.7 Å². The van der Waals surface area contributed by atoms with E-state index in [-0.39, 0.29) is 43.8 Å². The highest BCUT2D eigenvalue weighted by atomic mass is 32.2. The van der Waals surface area contributed by atoms with Crippen molar-refractivity contribution in [3.05, 3.63) is 58.3 Å². The summed E-state index contributed by atoms with van der Waals surface area (Å²) in [7, 11) is -3.55. The number of ketones is 1. The zero-order chi connectivity index (χ0) is 39.0. The van der Waals surface area contributed by atoms with Gasteiger partial charge in [-0.3, -0.25) is 28.8 Å². The van der Waals surface area contributed by atoms with Crippen LogP contribution in [0.1, 0.15) is 93.9 Å². The maximum absolute atomic E-state index is 14.8. The van der Waals surface area contributed by atoms with Crippen molar-refractivity contribution in [1.29, 1.82) is 0 Å². The van der Waals surface area contributed by atoms with Crippen LogP contribution in [0.5, 0.6) is 0 Å². The topological polar surface area (TPSA) is 257 Å². The molecular formula is C36H46N8O9S. The number of hydrogen-bond acceptors (Lipinski definition) is 11. The molecule has 18 heteroatoms. The first-order valence-electron chi connectivity index (χ1n) is 18.2. The Hall–Kier alpha value is -4.97. The third kappa shape index (κ3) is 8.08. The fourth-order valence-corrected chi connectivity index (χ4v) is 9.55. The van der Waals surface area contributed by atoms with E-state index < -0.39 is 85.6 Å². The number of fused-ring (bicyclic) bond motifs is 1. The number of likely N-dealkylation sites (tertiary alicyclic amines) is 1. The number of H-pyrrole nitrogens is 1. The van der Waals surface area contributed by atoms with Gasteiger partial charge in [0, 0.05) is 18.4 Å². The number of aromatic amines is 1. The summed E-state index contributed by atoms with van der Waals surface area (Å²) in [6.07, 6.45) is 5.39. The van der Waals surface area contributed by atoms with E-state index in [0.29, 0.717) is 16.5 Å². The van der Waals surface area contributed by atoms with E-state index in [1.807, 2.05) is 0 Å². The fraction of sp³-hybridized carbons (Fsp3) is 0.556. The van der Waals surface area contributed by atoms with Crippen LogP contribution >= 0.6 is 0 Å². The summed E-state index contributed by atoms with van der Waals surface area (Å²) >= 11 is 0. The molecule has 6 N–H and O–H groups in total. The summed E-state index contributed by atoms with van der Waals surface area (Å²) in [6, 6.07) is 5.16. The molecule has 0 bridgehead atoms.